The number of aromatic nitrogens is 1. The van der Waals surface area contributed by atoms with Gasteiger partial charge in [-0.2, -0.15) is 0 Å². The van der Waals surface area contributed by atoms with E-state index in [0.717, 1.165) is 40.9 Å². The maximum absolute atomic E-state index is 12.4. The van der Waals surface area contributed by atoms with Crippen molar-refractivity contribution < 1.29 is 19.1 Å². The topological polar surface area (TPSA) is 65.5 Å². The molecule has 1 atom stereocenters. The van der Waals surface area contributed by atoms with Gasteiger partial charge in [-0.3, -0.25) is 9.59 Å². The van der Waals surface area contributed by atoms with Crippen molar-refractivity contribution in [2.45, 2.75) is 92.1 Å². The highest BCUT2D eigenvalue weighted by atomic mass is 79.9. The Labute approximate surface area is 205 Å². The van der Waals surface area contributed by atoms with E-state index in [1.165, 1.54) is 5.57 Å². The Balaban J connectivity index is 2.52. The average molecular weight is 529 g/mol. The number of hydrogen-bond donors (Lipinski definition) is 0. The van der Waals surface area contributed by atoms with Gasteiger partial charge in [-0.25, -0.2) is 4.98 Å². The van der Waals surface area contributed by atoms with Crippen LogP contribution in [0.3, 0.4) is 0 Å². The van der Waals surface area contributed by atoms with Crippen LogP contribution in [0.4, 0.5) is 0 Å². The van der Waals surface area contributed by atoms with Gasteiger partial charge < -0.3 is 9.47 Å². The summed E-state index contributed by atoms with van der Waals surface area (Å²) >= 11 is 5.03. The number of ether oxygens (including phenoxy) is 2. The molecule has 0 radical (unpaired) electrons. The van der Waals surface area contributed by atoms with Crippen LogP contribution in [0.15, 0.2) is 27.6 Å². The third-order valence-corrected chi connectivity index (χ3v) is 5.80. The van der Waals surface area contributed by atoms with Gasteiger partial charge in [0.25, 0.3) is 0 Å². The molecule has 180 valence electrons. The van der Waals surface area contributed by atoms with E-state index in [1.54, 1.807) is 11.3 Å². The second-order valence-corrected chi connectivity index (χ2v) is 10.6. The van der Waals surface area contributed by atoms with E-state index in [2.05, 4.69) is 47.8 Å². The Morgan fingerprint density at radius 1 is 1.19 bits per heavy atom. The molecule has 1 aromatic heterocycles. The molecule has 0 unspecified atom stereocenters. The normalized spacial score (nSPS) is 13.3. The van der Waals surface area contributed by atoms with Crippen molar-refractivity contribution >= 4 is 39.2 Å². The van der Waals surface area contributed by atoms with E-state index in [-0.39, 0.29) is 18.0 Å². The number of nitrogens with zero attached hydrogens (tertiary/aromatic N) is 1. The Kier molecular flexibility index (Phi) is 14.5. The second kappa shape index (κ2) is 16.2. The number of halogens is 1. The lowest BCUT2D eigenvalue weighted by Gasteiger charge is -2.13. The maximum atomic E-state index is 12.4. The lowest BCUT2D eigenvalue weighted by Crippen LogP contribution is -2.18. The number of carbonyl (C=O) groups is 2. The number of hydrogen-bond acceptors (Lipinski definition) is 6. The molecule has 0 saturated carbocycles. The SMILES string of the molecule is CCOC(=O)CCCCc1csc(C[C@@H](/C=C(\C)Br)OC(=O)CC/C=C(\C)CC(C)C)n1. The van der Waals surface area contributed by atoms with Crippen molar-refractivity contribution in [3.05, 3.63) is 38.3 Å². The first-order chi connectivity index (χ1) is 15.2. The number of carbonyl (C=O) groups excluding carboxylic acids is 2. The second-order valence-electron chi connectivity index (χ2n) is 8.42. The van der Waals surface area contributed by atoms with Gasteiger partial charge in [-0.1, -0.05) is 41.4 Å². The molecule has 1 heterocycles. The minimum Gasteiger partial charge on any atom is -0.466 e. The molecular formula is C25H38BrNO4S. The van der Waals surface area contributed by atoms with Crippen LogP contribution in [0.5, 0.6) is 0 Å². The number of thiazole rings is 1. The first-order valence-corrected chi connectivity index (χ1v) is 13.1. The minimum absolute atomic E-state index is 0.140. The van der Waals surface area contributed by atoms with Crippen LogP contribution >= 0.6 is 27.3 Å². The van der Waals surface area contributed by atoms with Crippen LogP contribution in [0.2, 0.25) is 0 Å². The lowest BCUT2D eigenvalue weighted by molar-refractivity contribution is -0.147. The Bertz CT molecular complexity index is 766. The molecule has 7 heteroatoms. The molecule has 0 aromatic carbocycles. The van der Waals surface area contributed by atoms with Crippen LogP contribution < -0.4 is 0 Å². The van der Waals surface area contributed by atoms with Crippen molar-refractivity contribution in [2.24, 2.45) is 5.92 Å². The molecule has 0 fully saturated rings. The summed E-state index contributed by atoms with van der Waals surface area (Å²) in [6.07, 6.45) is 9.37. The van der Waals surface area contributed by atoms with Gasteiger partial charge in [0.2, 0.25) is 0 Å². The smallest absolute Gasteiger partial charge is 0.306 e. The molecule has 1 rings (SSSR count). The summed E-state index contributed by atoms with van der Waals surface area (Å²) in [5.41, 5.74) is 2.34. The highest BCUT2D eigenvalue weighted by Crippen LogP contribution is 2.19. The highest BCUT2D eigenvalue weighted by Gasteiger charge is 2.15. The van der Waals surface area contributed by atoms with Gasteiger partial charge in [0.15, 0.2) is 0 Å². The van der Waals surface area contributed by atoms with Gasteiger partial charge in [-0.15, -0.1) is 11.3 Å². The predicted molar refractivity (Wildman–Crippen MR) is 135 cm³/mol. The molecule has 0 spiro atoms. The summed E-state index contributed by atoms with van der Waals surface area (Å²) in [7, 11) is 0. The van der Waals surface area contributed by atoms with Crippen LogP contribution in [-0.2, 0) is 31.9 Å². The van der Waals surface area contributed by atoms with Crippen LogP contribution in [-0.4, -0.2) is 29.6 Å². The van der Waals surface area contributed by atoms with E-state index in [4.69, 9.17) is 9.47 Å². The number of allylic oxidation sites excluding steroid dienone is 3. The quantitative estimate of drug-likeness (QED) is 0.140. The van der Waals surface area contributed by atoms with Crippen LogP contribution in [0.25, 0.3) is 0 Å². The fraction of sp³-hybridized carbons (Fsp3) is 0.640. The summed E-state index contributed by atoms with van der Waals surface area (Å²) in [6, 6.07) is 0. The van der Waals surface area contributed by atoms with Crippen molar-refractivity contribution in [1.82, 2.24) is 4.98 Å². The molecule has 0 N–H and O–H groups in total. The van der Waals surface area contributed by atoms with Gasteiger partial charge in [0, 0.05) is 24.6 Å². The van der Waals surface area contributed by atoms with E-state index in [9.17, 15) is 9.59 Å². The summed E-state index contributed by atoms with van der Waals surface area (Å²) < 4.78 is 11.6. The van der Waals surface area contributed by atoms with E-state index in [0.29, 0.717) is 38.2 Å². The summed E-state index contributed by atoms with van der Waals surface area (Å²) in [6.45, 7) is 10.7. The van der Waals surface area contributed by atoms with Crippen molar-refractivity contribution in [1.29, 1.82) is 0 Å². The number of unbranched alkanes of at least 4 members (excludes halogenated alkanes) is 1. The zero-order chi connectivity index (χ0) is 23.9. The van der Waals surface area contributed by atoms with Gasteiger partial charge in [0.1, 0.15) is 6.10 Å². The van der Waals surface area contributed by atoms with Crippen molar-refractivity contribution in [3.8, 4) is 0 Å². The Morgan fingerprint density at radius 3 is 2.59 bits per heavy atom. The molecular weight excluding hydrogens is 490 g/mol. The molecule has 0 aliphatic heterocycles. The molecule has 32 heavy (non-hydrogen) atoms. The van der Waals surface area contributed by atoms with Crippen LogP contribution in [0.1, 0.15) is 83.8 Å². The van der Waals surface area contributed by atoms with E-state index in [1.807, 2.05) is 25.3 Å². The van der Waals surface area contributed by atoms with Gasteiger partial charge in [0.05, 0.1) is 17.3 Å². The fourth-order valence-corrected chi connectivity index (χ4v) is 4.49. The van der Waals surface area contributed by atoms with Crippen LogP contribution in [0, 0.1) is 5.92 Å². The third-order valence-electron chi connectivity index (χ3n) is 4.61. The third kappa shape index (κ3) is 13.8. The minimum atomic E-state index is -0.342. The Morgan fingerprint density at radius 2 is 1.94 bits per heavy atom. The summed E-state index contributed by atoms with van der Waals surface area (Å²) in [4.78, 5) is 28.5. The molecule has 0 amide bonds. The summed E-state index contributed by atoms with van der Waals surface area (Å²) in [5.74, 6) is 0.290. The van der Waals surface area contributed by atoms with Crippen molar-refractivity contribution in [2.75, 3.05) is 6.61 Å². The summed E-state index contributed by atoms with van der Waals surface area (Å²) in [5, 5.41) is 2.99. The highest BCUT2D eigenvalue weighted by molar-refractivity contribution is 9.11. The number of esters is 2. The largest absolute Gasteiger partial charge is 0.466 e. The number of rotatable bonds is 15. The molecule has 5 nitrogen and oxygen atoms in total. The molecule has 0 bridgehead atoms. The van der Waals surface area contributed by atoms with E-state index >= 15 is 0 Å². The maximum Gasteiger partial charge on any atom is 0.306 e. The van der Waals surface area contributed by atoms with Crippen molar-refractivity contribution in [3.63, 3.8) is 0 Å². The molecule has 0 saturated heterocycles. The zero-order valence-electron chi connectivity index (χ0n) is 20.1. The molecule has 0 aliphatic rings. The first-order valence-electron chi connectivity index (χ1n) is 11.5. The predicted octanol–water partition coefficient (Wildman–Crippen LogP) is 6.94. The van der Waals surface area contributed by atoms with E-state index < -0.39 is 0 Å². The standard InChI is InChI=1S/C25H38BrNO4S/c1-6-30-24(28)12-8-7-11-21-17-32-23(27-21)16-22(15-20(5)26)31-25(29)13-9-10-19(4)14-18(2)3/h10,15,17-18,22H,6-9,11-14,16H2,1-5H3/b19-10+,20-15+/t22-/m1/s1. The van der Waals surface area contributed by atoms with Gasteiger partial charge >= 0.3 is 11.9 Å². The fourth-order valence-electron chi connectivity index (χ4n) is 3.32. The Hall–Kier alpha value is -1.47. The number of aryl methyl sites for hydroxylation is 1. The van der Waals surface area contributed by atoms with Gasteiger partial charge in [-0.05, 0) is 69.4 Å². The average Bonchev–Trinajstić information content (AvgIpc) is 3.11. The monoisotopic (exact) mass is 527 g/mol. The molecule has 1 aromatic rings. The zero-order valence-corrected chi connectivity index (χ0v) is 22.5. The first kappa shape index (κ1) is 28.6. The molecule has 0 aliphatic carbocycles. The lowest BCUT2D eigenvalue weighted by atomic mass is 10.0.